The van der Waals surface area contributed by atoms with Gasteiger partial charge in [-0.25, -0.2) is 0 Å². The Balaban J connectivity index is 3.64. The van der Waals surface area contributed by atoms with Gasteiger partial charge in [0.2, 0.25) is 0 Å². The lowest BCUT2D eigenvalue weighted by atomic mass is 10.0. The van der Waals surface area contributed by atoms with Crippen LogP contribution in [-0.4, -0.2) is 23.1 Å². The summed E-state index contributed by atoms with van der Waals surface area (Å²) in [5, 5.41) is 8.68. The van der Waals surface area contributed by atoms with E-state index >= 15 is 0 Å². The Labute approximate surface area is 218 Å². The monoisotopic (exact) mass is 496 g/mol. The Bertz CT molecular complexity index is 463. The van der Waals surface area contributed by atoms with Crippen LogP contribution in [0.15, 0.2) is 0 Å². The molecule has 0 spiro atoms. The maximum Gasteiger partial charge on any atom is 0.306 e. The van der Waals surface area contributed by atoms with Crippen LogP contribution >= 0.6 is 0 Å². The van der Waals surface area contributed by atoms with Crippen molar-refractivity contribution in [2.45, 2.75) is 187 Å². The SMILES string of the molecule is CCCCCCCCCCCCCCCCC(=O)OC(CCCC)CCCCCCCCC(=O)O. The van der Waals surface area contributed by atoms with Crippen molar-refractivity contribution >= 4 is 11.9 Å². The van der Waals surface area contributed by atoms with E-state index in [0.717, 1.165) is 77.0 Å². The molecule has 0 radical (unpaired) electrons. The van der Waals surface area contributed by atoms with Crippen molar-refractivity contribution in [3.8, 4) is 0 Å². The summed E-state index contributed by atoms with van der Waals surface area (Å²) < 4.78 is 5.83. The van der Waals surface area contributed by atoms with Gasteiger partial charge in [0.25, 0.3) is 0 Å². The van der Waals surface area contributed by atoms with Crippen molar-refractivity contribution < 1.29 is 19.4 Å². The molecule has 0 fully saturated rings. The van der Waals surface area contributed by atoms with Crippen LogP contribution in [0.5, 0.6) is 0 Å². The quantitative estimate of drug-likeness (QED) is 0.0864. The van der Waals surface area contributed by atoms with Crippen LogP contribution in [0.3, 0.4) is 0 Å². The highest BCUT2D eigenvalue weighted by atomic mass is 16.5. The van der Waals surface area contributed by atoms with Crippen LogP contribution in [-0.2, 0) is 14.3 Å². The first-order valence-corrected chi connectivity index (χ1v) is 15.5. The molecular formula is C31H60O4. The molecule has 35 heavy (non-hydrogen) atoms. The minimum absolute atomic E-state index is 0.00119. The molecule has 0 aromatic carbocycles. The smallest absolute Gasteiger partial charge is 0.306 e. The molecule has 1 unspecified atom stereocenters. The minimum Gasteiger partial charge on any atom is -0.481 e. The van der Waals surface area contributed by atoms with Crippen LogP contribution in [0.25, 0.3) is 0 Å². The molecule has 1 atom stereocenters. The number of unbranched alkanes of at least 4 members (excludes halogenated alkanes) is 19. The molecule has 0 saturated carbocycles. The molecule has 208 valence electrons. The molecule has 0 aliphatic carbocycles. The van der Waals surface area contributed by atoms with Crippen LogP contribution in [0.2, 0.25) is 0 Å². The fourth-order valence-corrected chi connectivity index (χ4v) is 4.76. The van der Waals surface area contributed by atoms with Crippen molar-refractivity contribution in [1.82, 2.24) is 0 Å². The third-order valence-corrected chi connectivity index (χ3v) is 7.08. The number of esters is 1. The number of rotatable bonds is 28. The number of hydrogen-bond acceptors (Lipinski definition) is 3. The van der Waals surface area contributed by atoms with Crippen LogP contribution < -0.4 is 0 Å². The number of carbonyl (C=O) groups is 2. The van der Waals surface area contributed by atoms with Gasteiger partial charge in [0.1, 0.15) is 6.10 Å². The van der Waals surface area contributed by atoms with Gasteiger partial charge < -0.3 is 9.84 Å². The van der Waals surface area contributed by atoms with E-state index in [-0.39, 0.29) is 18.5 Å². The largest absolute Gasteiger partial charge is 0.481 e. The van der Waals surface area contributed by atoms with E-state index in [4.69, 9.17) is 9.84 Å². The number of carbonyl (C=O) groups excluding carboxylic acids is 1. The standard InChI is InChI=1S/C31H60O4/c1-3-5-7-8-9-10-11-12-13-14-15-16-21-24-28-31(34)35-29(25-6-4-2)26-22-19-17-18-20-23-27-30(32)33/h29H,3-28H2,1-2H3,(H,32,33). The summed E-state index contributed by atoms with van der Waals surface area (Å²) >= 11 is 0. The second-order valence-electron chi connectivity index (χ2n) is 10.7. The molecule has 0 rings (SSSR count). The lowest BCUT2D eigenvalue weighted by molar-refractivity contribution is -0.150. The molecule has 0 heterocycles. The van der Waals surface area contributed by atoms with Crippen LogP contribution in [0, 0.1) is 0 Å². The van der Waals surface area contributed by atoms with Crippen molar-refractivity contribution in [2.24, 2.45) is 0 Å². The predicted octanol–water partition coefficient (Wildman–Crippen LogP) is 10.2. The van der Waals surface area contributed by atoms with E-state index in [1.165, 1.54) is 77.0 Å². The number of aliphatic carboxylic acids is 1. The highest BCUT2D eigenvalue weighted by Gasteiger charge is 2.13. The summed E-state index contributed by atoms with van der Waals surface area (Å²) in [6.07, 6.45) is 30.0. The van der Waals surface area contributed by atoms with Crippen molar-refractivity contribution in [3.05, 3.63) is 0 Å². The molecule has 0 aliphatic rings. The molecule has 4 heteroatoms. The minimum atomic E-state index is -0.695. The third-order valence-electron chi connectivity index (χ3n) is 7.08. The Morgan fingerprint density at radius 2 is 0.886 bits per heavy atom. The van der Waals surface area contributed by atoms with Gasteiger partial charge in [-0.05, 0) is 32.1 Å². The second-order valence-corrected chi connectivity index (χ2v) is 10.7. The molecule has 0 bridgehead atoms. The Morgan fingerprint density at radius 3 is 1.34 bits per heavy atom. The van der Waals surface area contributed by atoms with E-state index < -0.39 is 5.97 Å². The molecule has 0 amide bonds. The van der Waals surface area contributed by atoms with E-state index in [1.54, 1.807) is 0 Å². The summed E-state index contributed by atoms with van der Waals surface area (Å²) in [7, 11) is 0. The highest BCUT2D eigenvalue weighted by molar-refractivity contribution is 5.69. The fourth-order valence-electron chi connectivity index (χ4n) is 4.76. The van der Waals surface area contributed by atoms with Crippen molar-refractivity contribution in [1.29, 1.82) is 0 Å². The van der Waals surface area contributed by atoms with Crippen LogP contribution in [0.1, 0.15) is 181 Å². The highest BCUT2D eigenvalue weighted by Crippen LogP contribution is 2.17. The number of carboxylic acids is 1. The summed E-state index contributed by atoms with van der Waals surface area (Å²) in [5.41, 5.74) is 0. The van der Waals surface area contributed by atoms with E-state index in [0.29, 0.717) is 6.42 Å². The van der Waals surface area contributed by atoms with Gasteiger partial charge in [0.05, 0.1) is 0 Å². The second kappa shape index (κ2) is 27.5. The van der Waals surface area contributed by atoms with Gasteiger partial charge in [0, 0.05) is 12.8 Å². The number of ether oxygens (including phenoxy) is 1. The van der Waals surface area contributed by atoms with Crippen molar-refractivity contribution in [3.63, 3.8) is 0 Å². The summed E-state index contributed by atoms with van der Waals surface area (Å²) in [4.78, 5) is 22.9. The lowest BCUT2D eigenvalue weighted by Gasteiger charge is -2.18. The molecular weight excluding hydrogens is 436 g/mol. The zero-order valence-corrected chi connectivity index (χ0v) is 23.6. The zero-order valence-electron chi connectivity index (χ0n) is 23.6. The zero-order chi connectivity index (χ0) is 25.8. The van der Waals surface area contributed by atoms with Gasteiger partial charge in [-0.1, -0.05) is 136 Å². The third kappa shape index (κ3) is 27.4. The molecule has 1 N–H and O–H groups in total. The van der Waals surface area contributed by atoms with E-state index in [9.17, 15) is 9.59 Å². The Hall–Kier alpha value is -1.06. The van der Waals surface area contributed by atoms with Gasteiger partial charge >= 0.3 is 11.9 Å². The Morgan fingerprint density at radius 1 is 0.514 bits per heavy atom. The number of hydrogen-bond donors (Lipinski definition) is 1. The predicted molar refractivity (Wildman–Crippen MR) is 149 cm³/mol. The average Bonchev–Trinajstić information content (AvgIpc) is 2.83. The first-order chi connectivity index (χ1) is 17.1. The van der Waals surface area contributed by atoms with Gasteiger partial charge in [-0.2, -0.15) is 0 Å². The molecule has 0 aromatic heterocycles. The molecule has 0 aromatic rings. The summed E-state index contributed by atoms with van der Waals surface area (Å²) in [6.45, 7) is 4.46. The number of carboxylic acid groups (broad SMARTS) is 1. The summed E-state index contributed by atoms with van der Waals surface area (Å²) in [6, 6.07) is 0. The topological polar surface area (TPSA) is 63.6 Å². The molecule has 0 saturated heterocycles. The Kier molecular flexibility index (Phi) is 26.7. The molecule has 4 nitrogen and oxygen atoms in total. The maximum atomic E-state index is 12.3. The fraction of sp³-hybridized carbons (Fsp3) is 0.935. The van der Waals surface area contributed by atoms with Crippen molar-refractivity contribution in [2.75, 3.05) is 0 Å². The first-order valence-electron chi connectivity index (χ1n) is 15.5. The molecule has 0 aliphatic heterocycles. The normalized spacial score (nSPS) is 12.1. The first kappa shape index (κ1) is 33.9. The maximum absolute atomic E-state index is 12.3. The summed E-state index contributed by atoms with van der Waals surface area (Å²) in [5.74, 6) is -0.696. The average molecular weight is 497 g/mol. The van der Waals surface area contributed by atoms with Crippen LogP contribution in [0.4, 0.5) is 0 Å². The lowest BCUT2D eigenvalue weighted by Crippen LogP contribution is -2.18. The van der Waals surface area contributed by atoms with Gasteiger partial charge in [0.15, 0.2) is 0 Å². The van der Waals surface area contributed by atoms with Gasteiger partial charge in [-0.15, -0.1) is 0 Å². The van der Waals surface area contributed by atoms with E-state index in [2.05, 4.69) is 13.8 Å². The van der Waals surface area contributed by atoms with E-state index in [1.807, 2.05) is 0 Å². The van der Waals surface area contributed by atoms with Gasteiger partial charge in [-0.3, -0.25) is 9.59 Å².